The first-order valence-electron chi connectivity index (χ1n) is 6.91. The topological polar surface area (TPSA) is 65.5 Å². The number of benzene rings is 1. The predicted octanol–water partition coefficient (Wildman–Crippen LogP) is 2.17. The maximum absolute atomic E-state index is 13.4. The fourth-order valence-electron chi connectivity index (χ4n) is 1.68. The molecule has 0 aliphatic carbocycles. The lowest BCUT2D eigenvalue weighted by molar-refractivity contribution is -0.121. The number of halogens is 2. The van der Waals surface area contributed by atoms with E-state index < -0.39 is 0 Å². The van der Waals surface area contributed by atoms with Crippen molar-refractivity contribution in [3.63, 3.8) is 0 Å². The van der Waals surface area contributed by atoms with E-state index in [0.29, 0.717) is 17.0 Å². The summed E-state index contributed by atoms with van der Waals surface area (Å²) in [6.45, 7) is 6.27. The number of carbonyl (C=O) groups is 1. The molecule has 122 valence electrons. The van der Waals surface area contributed by atoms with E-state index >= 15 is 0 Å². The minimum Gasteiger partial charge on any atom is -0.352 e. The summed E-state index contributed by atoms with van der Waals surface area (Å²) in [5.41, 5.74) is 0.507. The smallest absolute Gasteiger partial charge is 0.239 e. The van der Waals surface area contributed by atoms with Gasteiger partial charge in [0.05, 0.1) is 11.0 Å². The van der Waals surface area contributed by atoms with Gasteiger partial charge in [-0.3, -0.25) is 9.79 Å². The maximum Gasteiger partial charge on any atom is 0.239 e. The second kappa shape index (κ2) is 8.12. The lowest BCUT2D eigenvalue weighted by atomic mass is 10.1. The van der Waals surface area contributed by atoms with Crippen molar-refractivity contribution in [2.45, 2.75) is 32.9 Å². The summed E-state index contributed by atoms with van der Waals surface area (Å²) in [6, 6.07) is 4.90. The van der Waals surface area contributed by atoms with Gasteiger partial charge in [-0.15, -0.1) is 0 Å². The van der Waals surface area contributed by atoms with E-state index in [4.69, 9.17) is 0 Å². The molecule has 0 saturated heterocycles. The Morgan fingerprint density at radius 1 is 1.32 bits per heavy atom. The minimum absolute atomic E-state index is 0.117. The Labute approximate surface area is 138 Å². The van der Waals surface area contributed by atoms with Crippen LogP contribution >= 0.6 is 15.9 Å². The molecule has 0 radical (unpaired) electrons. The Balaban J connectivity index is 2.46. The second-order valence-electron chi connectivity index (χ2n) is 5.83. The van der Waals surface area contributed by atoms with Crippen molar-refractivity contribution in [2.75, 3.05) is 13.6 Å². The summed E-state index contributed by atoms with van der Waals surface area (Å²) in [5, 5.41) is 8.79. The van der Waals surface area contributed by atoms with Crippen LogP contribution in [0.15, 0.2) is 27.7 Å². The lowest BCUT2D eigenvalue weighted by Crippen LogP contribution is -2.48. The number of nitrogens with one attached hydrogen (secondary N) is 3. The summed E-state index contributed by atoms with van der Waals surface area (Å²) in [4.78, 5) is 15.7. The molecule has 5 nitrogen and oxygen atoms in total. The molecule has 1 aromatic carbocycles. The number of carbonyl (C=O) groups excluding carboxylic acids is 1. The molecular weight excluding hydrogens is 351 g/mol. The fraction of sp³-hybridized carbons (Fsp3) is 0.467. The van der Waals surface area contributed by atoms with Gasteiger partial charge in [0.1, 0.15) is 5.82 Å². The Kier molecular flexibility index (Phi) is 6.80. The molecular formula is C15H22BrFN4O. The second-order valence-corrected chi connectivity index (χ2v) is 6.68. The van der Waals surface area contributed by atoms with E-state index in [-0.39, 0.29) is 23.8 Å². The van der Waals surface area contributed by atoms with Crippen LogP contribution in [-0.2, 0) is 11.3 Å². The van der Waals surface area contributed by atoms with E-state index in [1.54, 1.807) is 19.2 Å². The quantitative estimate of drug-likeness (QED) is 0.560. The van der Waals surface area contributed by atoms with Gasteiger partial charge in [-0.25, -0.2) is 4.39 Å². The molecule has 0 heterocycles. The van der Waals surface area contributed by atoms with Gasteiger partial charge in [-0.05, 0) is 54.4 Å². The summed E-state index contributed by atoms with van der Waals surface area (Å²) in [5.74, 6) is 0.0457. The largest absolute Gasteiger partial charge is 0.352 e. The molecule has 0 aliphatic rings. The summed E-state index contributed by atoms with van der Waals surface area (Å²) < 4.78 is 13.9. The van der Waals surface area contributed by atoms with Gasteiger partial charge >= 0.3 is 0 Å². The molecule has 1 amide bonds. The Hall–Kier alpha value is -1.63. The average molecular weight is 373 g/mol. The van der Waals surface area contributed by atoms with E-state index in [9.17, 15) is 9.18 Å². The van der Waals surface area contributed by atoms with Crippen molar-refractivity contribution in [1.82, 2.24) is 16.0 Å². The van der Waals surface area contributed by atoms with Gasteiger partial charge in [0.25, 0.3) is 0 Å². The predicted molar refractivity (Wildman–Crippen MR) is 90.2 cm³/mol. The molecule has 0 atom stereocenters. The third-order valence-corrected chi connectivity index (χ3v) is 3.24. The van der Waals surface area contributed by atoms with E-state index in [1.807, 2.05) is 20.8 Å². The normalized spacial score (nSPS) is 12.0. The van der Waals surface area contributed by atoms with Gasteiger partial charge in [-0.2, -0.15) is 0 Å². The molecule has 0 saturated carbocycles. The monoisotopic (exact) mass is 372 g/mol. The van der Waals surface area contributed by atoms with Crippen molar-refractivity contribution in [3.8, 4) is 0 Å². The van der Waals surface area contributed by atoms with Crippen molar-refractivity contribution in [1.29, 1.82) is 0 Å². The minimum atomic E-state index is -0.313. The van der Waals surface area contributed by atoms with E-state index in [1.165, 1.54) is 6.07 Å². The Bertz CT molecular complexity index is 555. The third kappa shape index (κ3) is 6.89. The standard InChI is InChI=1S/C15H22BrFN4O/c1-15(2,3)21-13(22)9-20-14(18-4)19-8-10-5-6-11(16)12(17)7-10/h5-7H,8-9H2,1-4H3,(H,21,22)(H2,18,19,20). The van der Waals surface area contributed by atoms with Crippen molar-refractivity contribution in [2.24, 2.45) is 4.99 Å². The van der Waals surface area contributed by atoms with Crippen molar-refractivity contribution >= 4 is 27.8 Å². The third-order valence-electron chi connectivity index (χ3n) is 2.60. The van der Waals surface area contributed by atoms with Crippen LogP contribution in [0.25, 0.3) is 0 Å². The Morgan fingerprint density at radius 3 is 2.55 bits per heavy atom. The fourth-order valence-corrected chi connectivity index (χ4v) is 1.93. The van der Waals surface area contributed by atoms with Crippen LogP contribution in [0.2, 0.25) is 0 Å². The highest BCUT2D eigenvalue weighted by Crippen LogP contribution is 2.16. The van der Waals surface area contributed by atoms with Gasteiger partial charge in [-0.1, -0.05) is 6.07 Å². The van der Waals surface area contributed by atoms with Crippen LogP contribution in [0.4, 0.5) is 4.39 Å². The summed E-state index contributed by atoms with van der Waals surface area (Å²) in [7, 11) is 1.61. The molecule has 22 heavy (non-hydrogen) atoms. The number of amides is 1. The van der Waals surface area contributed by atoms with Gasteiger partial charge in [0, 0.05) is 19.1 Å². The van der Waals surface area contributed by atoms with Gasteiger partial charge in [0.15, 0.2) is 5.96 Å². The highest BCUT2D eigenvalue weighted by atomic mass is 79.9. The van der Waals surface area contributed by atoms with Gasteiger partial charge in [0.2, 0.25) is 5.91 Å². The van der Waals surface area contributed by atoms with E-state index in [0.717, 1.165) is 5.56 Å². The molecule has 0 aliphatic heterocycles. The van der Waals surface area contributed by atoms with Crippen LogP contribution in [0.5, 0.6) is 0 Å². The molecule has 7 heteroatoms. The number of rotatable bonds is 4. The molecule has 0 aromatic heterocycles. The Morgan fingerprint density at radius 2 is 2.00 bits per heavy atom. The molecule has 0 fully saturated rings. The van der Waals surface area contributed by atoms with Crippen LogP contribution in [-0.4, -0.2) is 31.0 Å². The van der Waals surface area contributed by atoms with Crippen molar-refractivity contribution < 1.29 is 9.18 Å². The number of aliphatic imine (C=N–C) groups is 1. The number of guanidine groups is 1. The summed E-state index contributed by atoms with van der Waals surface area (Å²) >= 11 is 3.11. The molecule has 0 unspecified atom stereocenters. The van der Waals surface area contributed by atoms with Crippen LogP contribution in [0.3, 0.4) is 0 Å². The molecule has 0 spiro atoms. The first-order valence-corrected chi connectivity index (χ1v) is 7.70. The number of nitrogens with zero attached hydrogens (tertiary/aromatic N) is 1. The molecule has 1 aromatic rings. The van der Waals surface area contributed by atoms with Crippen LogP contribution in [0, 0.1) is 5.82 Å². The van der Waals surface area contributed by atoms with Crippen molar-refractivity contribution in [3.05, 3.63) is 34.1 Å². The first kappa shape index (κ1) is 18.4. The highest BCUT2D eigenvalue weighted by molar-refractivity contribution is 9.10. The number of hydrogen-bond acceptors (Lipinski definition) is 2. The lowest BCUT2D eigenvalue weighted by Gasteiger charge is -2.21. The molecule has 0 bridgehead atoms. The zero-order chi connectivity index (χ0) is 16.8. The first-order chi connectivity index (χ1) is 10.2. The van der Waals surface area contributed by atoms with Gasteiger partial charge < -0.3 is 16.0 Å². The highest BCUT2D eigenvalue weighted by Gasteiger charge is 2.13. The summed E-state index contributed by atoms with van der Waals surface area (Å²) in [6.07, 6.45) is 0. The maximum atomic E-state index is 13.4. The zero-order valence-corrected chi connectivity index (χ0v) is 14.8. The van der Waals surface area contributed by atoms with E-state index in [2.05, 4.69) is 36.9 Å². The van der Waals surface area contributed by atoms with Crippen LogP contribution in [0.1, 0.15) is 26.3 Å². The average Bonchev–Trinajstić information content (AvgIpc) is 2.41. The molecule has 1 rings (SSSR count). The SMILES string of the molecule is CN=C(NCC(=O)NC(C)(C)C)NCc1ccc(Br)c(F)c1. The zero-order valence-electron chi connectivity index (χ0n) is 13.3. The number of hydrogen-bond donors (Lipinski definition) is 3. The molecule has 3 N–H and O–H groups in total. The van der Waals surface area contributed by atoms with Crippen LogP contribution < -0.4 is 16.0 Å².